The molecule has 0 radical (unpaired) electrons. The van der Waals surface area contributed by atoms with Gasteiger partial charge in [-0.1, -0.05) is 35.0 Å². The fraction of sp³-hybridized carbons (Fsp3) is 0.304. The van der Waals surface area contributed by atoms with Gasteiger partial charge in [0.25, 0.3) is 5.91 Å². The van der Waals surface area contributed by atoms with Crippen molar-refractivity contribution in [3.8, 4) is 5.75 Å². The van der Waals surface area contributed by atoms with Crippen molar-refractivity contribution < 1.29 is 32.0 Å². The topological polar surface area (TPSA) is 97.6 Å². The summed E-state index contributed by atoms with van der Waals surface area (Å²) < 4.78 is 46.2. The average Bonchev–Trinajstić information content (AvgIpc) is 3.39. The minimum Gasteiger partial charge on any atom is -0.406 e. The zero-order valence-corrected chi connectivity index (χ0v) is 18.1. The van der Waals surface area contributed by atoms with E-state index in [1.165, 1.54) is 24.3 Å². The van der Waals surface area contributed by atoms with Crippen molar-refractivity contribution in [3.05, 3.63) is 76.9 Å². The first-order valence-corrected chi connectivity index (χ1v) is 10.5. The molecule has 2 heterocycles. The maximum absolute atomic E-state index is 12.4. The molecule has 2 aromatic carbocycles. The van der Waals surface area contributed by atoms with Gasteiger partial charge in [0.05, 0.1) is 6.54 Å². The van der Waals surface area contributed by atoms with Crippen LogP contribution in [0.1, 0.15) is 52.1 Å². The number of likely N-dealkylation sites (tertiary alicyclic amines) is 1. The van der Waals surface area contributed by atoms with Gasteiger partial charge in [0, 0.05) is 18.5 Å². The minimum atomic E-state index is -4.77. The third-order valence-electron chi connectivity index (χ3n) is 5.29. The number of carbonyl (C=O) groups excluding carboxylic acids is 2. The Hall–Kier alpha value is -3.89. The van der Waals surface area contributed by atoms with Crippen LogP contribution in [0, 0.1) is 6.92 Å². The number of ether oxygens (including phenoxy) is 1. The summed E-state index contributed by atoms with van der Waals surface area (Å²) in [5.74, 6) is -0.236. The number of nitrogens with one attached hydrogen (secondary N) is 1. The molecular formula is C23H21F3N4O4. The van der Waals surface area contributed by atoms with Crippen LogP contribution in [0.5, 0.6) is 5.75 Å². The van der Waals surface area contributed by atoms with Crippen LogP contribution in [-0.2, 0) is 17.9 Å². The van der Waals surface area contributed by atoms with Crippen LogP contribution in [0.25, 0.3) is 0 Å². The van der Waals surface area contributed by atoms with Gasteiger partial charge < -0.3 is 19.5 Å². The fourth-order valence-electron chi connectivity index (χ4n) is 3.70. The number of hydrogen-bond donors (Lipinski definition) is 1. The van der Waals surface area contributed by atoms with Gasteiger partial charge in [-0.3, -0.25) is 9.59 Å². The van der Waals surface area contributed by atoms with Gasteiger partial charge in [-0.2, -0.15) is 4.98 Å². The second-order valence-electron chi connectivity index (χ2n) is 7.87. The van der Waals surface area contributed by atoms with Crippen molar-refractivity contribution in [2.75, 3.05) is 0 Å². The monoisotopic (exact) mass is 474 g/mol. The first kappa shape index (κ1) is 23.3. The van der Waals surface area contributed by atoms with Crippen molar-refractivity contribution in [1.29, 1.82) is 0 Å². The van der Waals surface area contributed by atoms with Crippen LogP contribution < -0.4 is 10.1 Å². The van der Waals surface area contributed by atoms with E-state index in [1.807, 2.05) is 13.0 Å². The zero-order chi connectivity index (χ0) is 24.3. The molecule has 2 amide bonds. The molecule has 178 valence electrons. The Kier molecular flexibility index (Phi) is 6.53. The Bertz CT molecular complexity index is 1180. The summed E-state index contributed by atoms with van der Waals surface area (Å²) in [6, 6.07) is 12.0. The van der Waals surface area contributed by atoms with Crippen molar-refractivity contribution >= 4 is 11.8 Å². The molecule has 34 heavy (non-hydrogen) atoms. The number of benzene rings is 2. The molecule has 1 N–H and O–H groups in total. The van der Waals surface area contributed by atoms with E-state index in [0.29, 0.717) is 17.5 Å². The molecule has 1 aliphatic rings. The molecule has 0 saturated carbocycles. The number of hydrogen-bond acceptors (Lipinski definition) is 6. The lowest BCUT2D eigenvalue weighted by molar-refractivity contribution is -0.274. The van der Waals surface area contributed by atoms with Crippen molar-refractivity contribution in [3.63, 3.8) is 0 Å². The summed E-state index contributed by atoms with van der Waals surface area (Å²) in [4.78, 5) is 30.6. The van der Waals surface area contributed by atoms with E-state index in [2.05, 4.69) is 20.2 Å². The molecule has 1 fully saturated rings. The highest BCUT2D eigenvalue weighted by Gasteiger charge is 2.36. The number of aromatic nitrogens is 2. The van der Waals surface area contributed by atoms with Gasteiger partial charge >= 0.3 is 6.36 Å². The molecule has 1 aromatic heterocycles. The maximum Gasteiger partial charge on any atom is 0.573 e. The van der Waals surface area contributed by atoms with Gasteiger partial charge in [-0.05, 0) is 43.2 Å². The molecule has 8 nitrogen and oxygen atoms in total. The standard InChI is InChI=1S/C23H21F3N4O4/c1-14-3-2-4-16(11-14)21(32)27-12-19-28-22(34-29-19)18-9-10-20(31)30(18)13-15-5-7-17(8-6-15)33-23(24,25)26/h2-8,11,18H,9-10,12-13H2,1H3,(H,27,32)/t18-/m0/s1. The summed E-state index contributed by atoms with van der Waals surface area (Å²) in [5.41, 5.74) is 2.10. The van der Waals surface area contributed by atoms with E-state index in [0.717, 1.165) is 5.56 Å². The van der Waals surface area contributed by atoms with E-state index in [1.54, 1.807) is 23.1 Å². The van der Waals surface area contributed by atoms with Gasteiger partial charge in [0.15, 0.2) is 5.82 Å². The third kappa shape index (κ3) is 5.72. The Morgan fingerprint density at radius 1 is 1.24 bits per heavy atom. The molecule has 3 aromatic rings. The summed E-state index contributed by atoms with van der Waals surface area (Å²) >= 11 is 0. The molecule has 0 bridgehead atoms. The highest BCUT2D eigenvalue weighted by molar-refractivity contribution is 5.94. The summed E-state index contributed by atoms with van der Waals surface area (Å²) in [5, 5.41) is 6.63. The first-order chi connectivity index (χ1) is 16.2. The van der Waals surface area contributed by atoms with Crippen LogP contribution in [0.4, 0.5) is 13.2 Å². The first-order valence-electron chi connectivity index (χ1n) is 10.5. The molecule has 1 aliphatic heterocycles. The molecule has 1 saturated heterocycles. The van der Waals surface area contributed by atoms with Crippen LogP contribution in [-0.4, -0.2) is 33.2 Å². The maximum atomic E-state index is 12.4. The van der Waals surface area contributed by atoms with Crippen molar-refractivity contribution in [2.45, 2.75) is 45.3 Å². The van der Waals surface area contributed by atoms with Crippen molar-refractivity contribution in [2.24, 2.45) is 0 Å². The predicted octanol–water partition coefficient (Wildman–Crippen LogP) is 4.07. The Balaban J connectivity index is 1.39. The molecule has 0 aliphatic carbocycles. The molecule has 1 atom stereocenters. The van der Waals surface area contributed by atoms with E-state index in [-0.39, 0.29) is 48.8 Å². The van der Waals surface area contributed by atoms with Crippen LogP contribution in [0.15, 0.2) is 53.1 Å². The van der Waals surface area contributed by atoms with Crippen LogP contribution in [0.2, 0.25) is 0 Å². The quantitative estimate of drug-likeness (QED) is 0.555. The second kappa shape index (κ2) is 9.54. The lowest BCUT2D eigenvalue weighted by Gasteiger charge is -2.22. The lowest BCUT2D eigenvalue weighted by Crippen LogP contribution is -2.27. The second-order valence-corrected chi connectivity index (χ2v) is 7.87. The smallest absolute Gasteiger partial charge is 0.406 e. The van der Waals surface area contributed by atoms with Crippen LogP contribution >= 0.6 is 0 Å². The Morgan fingerprint density at radius 3 is 2.71 bits per heavy atom. The fourth-order valence-corrected chi connectivity index (χ4v) is 3.70. The number of nitrogens with zero attached hydrogens (tertiary/aromatic N) is 3. The van der Waals surface area contributed by atoms with Gasteiger partial charge in [-0.25, -0.2) is 0 Å². The average molecular weight is 474 g/mol. The van der Waals surface area contributed by atoms with E-state index < -0.39 is 12.4 Å². The molecule has 0 unspecified atom stereocenters. The normalized spacial score (nSPS) is 16.1. The van der Waals surface area contributed by atoms with Gasteiger partial charge in [0.2, 0.25) is 11.8 Å². The number of halogens is 3. The third-order valence-corrected chi connectivity index (χ3v) is 5.29. The lowest BCUT2D eigenvalue weighted by atomic mass is 10.1. The summed E-state index contributed by atoms with van der Waals surface area (Å²) in [7, 11) is 0. The van der Waals surface area contributed by atoms with E-state index in [4.69, 9.17) is 4.52 Å². The number of aryl methyl sites for hydroxylation is 1. The highest BCUT2D eigenvalue weighted by atomic mass is 19.4. The summed E-state index contributed by atoms with van der Waals surface area (Å²) in [6.07, 6.45) is -4.03. The van der Waals surface area contributed by atoms with Crippen molar-refractivity contribution in [1.82, 2.24) is 20.4 Å². The largest absolute Gasteiger partial charge is 0.573 e. The number of carbonyl (C=O) groups is 2. The summed E-state index contributed by atoms with van der Waals surface area (Å²) in [6.45, 7) is 2.11. The molecular weight excluding hydrogens is 453 g/mol. The number of amides is 2. The molecule has 0 spiro atoms. The predicted molar refractivity (Wildman–Crippen MR) is 112 cm³/mol. The Labute approximate surface area is 192 Å². The number of alkyl halides is 3. The molecule has 11 heteroatoms. The minimum absolute atomic E-state index is 0.0532. The van der Waals surface area contributed by atoms with Crippen LogP contribution in [0.3, 0.4) is 0 Å². The SMILES string of the molecule is Cc1cccc(C(=O)NCc2noc([C@@H]3CCC(=O)N3Cc3ccc(OC(F)(F)F)cc3)n2)c1. The van der Waals surface area contributed by atoms with E-state index in [9.17, 15) is 22.8 Å². The Morgan fingerprint density at radius 2 is 2.00 bits per heavy atom. The number of rotatable bonds is 7. The zero-order valence-electron chi connectivity index (χ0n) is 18.1. The highest BCUT2D eigenvalue weighted by Crippen LogP contribution is 2.33. The van der Waals surface area contributed by atoms with Gasteiger partial charge in [0.1, 0.15) is 11.8 Å². The van der Waals surface area contributed by atoms with Gasteiger partial charge in [-0.15, -0.1) is 13.2 Å². The molecule has 4 rings (SSSR count). The van der Waals surface area contributed by atoms with E-state index >= 15 is 0 Å².